The number of hydrogen-bond donors (Lipinski definition) is 1. The number of unbranched alkanes of at least 4 members (excludes halogenated alkanes) is 1. The maximum Gasteiger partial charge on any atom is 0.264 e. The smallest absolute Gasteiger partial charge is 0.264 e. The van der Waals surface area contributed by atoms with Crippen LogP contribution in [0.5, 0.6) is 0 Å². The minimum atomic E-state index is -3.79. The van der Waals surface area contributed by atoms with Crippen LogP contribution in [0.2, 0.25) is 0 Å². The summed E-state index contributed by atoms with van der Waals surface area (Å²) in [4.78, 5) is 0. The Labute approximate surface area is 73.0 Å². The maximum absolute atomic E-state index is 10.2. The van der Waals surface area contributed by atoms with Crippen molar-refractivity contribution in [2.24, 2.45) is 0 Å². The lowest BCUT2D eigenvalue weighted by atomic mass is 10.4. The van der Waals surface area contributed by atoms with E-state index in [0.717, 1.165) is 0 Å². The predicted molar refractivity (Wildman–Crippen MR) is 46.7 cm³/mol. The molecule has 0 aliphatic heterocycles. The van der Waals surface area contributed by atoms with Crippen LogP contribution >= 0.6 is 0 Å². The molecule has 12 heavy (non-hydrogen) atoms. The minimum absolute atomic E-state index is 0.190. The molecular weight excluding hydrogens is 180 g/mol. The largest absolute Gasteiger partial charge is 0.377 e. The van der Waals surface area contributed by atoms with E-state index < -0.39 is 10.1 Å². The van der Waals surface area contributed by atoms with E-state index >= 15 is 0 Å². The van der Waals surface area contributed by atoms with Gasteiger partial charge in [-0.2, -0.15) is 8.42 Å². The molecule has 72 valence electrons. The number of rotatable bonds is 7. The van der Waals surface area contributed by atoms with Crippen LogP contribution in [0.25, 0.3) is 0 Å². The van der Waals surface area contributed by atoms with Gasteiger partial charge in [-0.25, -0.2) is 0 Å². The van der Waals surface area contributed by atoms with Crippen LogP contribution in [0.4, 0.5) is 0 Å². The van der Waals surface area contributed by atoms with Crippen molar-refractivity contribution in [2.75, 3.05) is 19.0 Å². The Balaban J connectivity index is 3.17. The van der Waals surface area contributed by atoms with Gasteiger partial charge in [0, 0.05) is 6.61 Å². The lowest BCUT2D eigenvalue weighted by Crippen LogP contribution is -2.05. The normalized spacial score (nSPS) is 11.4. The zero-order chi connectivity index (χ0) is 9.45. The second-order valence-electron chi connectivity index (χ2n) is 2.36. The van der Waals surface area contributed by atoms with Crippen molar-refractivity contribution in [1.29, 1.82) is 0 Å². The van der Waals surface area contributed by atoms with E-state index in [1.54, 1.807) is 6.08 Å². The Morgan fingerprint density at radius 3 is 2.58 bits per heavy atom. The molecule has 0 bridgehead atoms. The molecule has 1 N–H and O–H groups in total. The molecule has 0 aliphatic rings. The van der Waals surface area contributed by atoms with Crippen LogP contribution in [-0.4, -0.2) is 31.9 Å². The lowest BCUT2D eigenvalue weighted by molar-refractivity contribution is 0.159. The SMILES string of the molecule is C=CCOCCCCS(=O)(=O)O. The van der Waals surface area contributed by atoms with Gasteiger partial charge in [-0.1, -0.05) is 6.08 Å². The quantitative estimate of drug-likeness (QED) is 0.371. The van der Waals surface area contributed by atoms with Gasteiger partial charge < -0.3 is 4.74 Å². The highest BCUT2D eigenvalue weighted by molar-refractivity contribution is 7.85. The van der Waals surface area contributed by atoms with E-state index in [4.69, 9.17) is 9.29 Å². The summed E-state index contributed by atoms with van der Waals surface area (Å²) in [7, 11) is -3.79. The van der Waals surface area contributed by atoms with Gasteiger partial charge in [-0.05, 0) is 12.8 Å². The fourth-order valence-electron chi connectivity index (χ4n) is 0.655. The minimum Gasteiger partial charge on any atom is -0.377 e. The monoisotopic (exact) mass is 194 g/mol. The van der Waals surface area contributed by atoms with Crippen LogP contribution in [0.3, 0.4) is 0 Å². The second kappa shape index (κ2) is 6.16. The van der Waals surface area contributed by atoms with Crippen molar-refractivity contribution in [3.05, 3.63) is 12.7 Å². The number of hydrogen-bond acceptors (Lipinski definition) is 3. The van der Waals surface area contributed by atoms with Crippen molar-refractivity contribution in [2.45, 2.75) is 12.8 Å². The molecule has 0 aromatic rings. The first-order valence-electron chi connectivity index (χ1n) is 3.70. The fourth-order valence-corrected chi connectivity index (χ4v) is 1.22. The summed E-state index contributed by atoms with van der Waals surface area (Å²) in [5, 5.41) is 0. The van der Waals surface area contributed by atoms with Crippen LogP contribution in [-0.2, 0) is 14.9 Å². The molecule has 0 atom stereocenters. The summed E-state index contributed by atoms with van der Waals surface area (Å²) in [6.07, 6.45) is 2.69. The van der Waals surface area contributed by atoms with Gasteiger partial charge in [-0.15, -0.1) is 6.58 Å². The van der Waals surface area contributed by atoms with Gasteiger partial charge in [0.25, 0.3) is 10.1 Å². The third-order valence-corrected chi connectivity index (χ3v) is 1.98. The third-order valence-electron chi connectivity index (χ3n) is 1.18. The standard InChI is InChI=1S/C7H14O4S/c1-2-5-11-6-3-4-7-12(8,9)10/h2H,1,3-7H2,(H,8,9,10). The summed E-state index contributed by atoms with van der Waals surface area (Å²) in [5.74, 6) is -0.190. The van der Waals surface area contributed by atoms with E-state index in [9.17, 15) is 8.42 Å². The molecule has 0 radical (unpaired) electrons. The van der Waals surface area contributed by atoms with E-state index in [0.29, 0.717) is 26.1 Å². The van der Waals surface area contributed by atoms with E-state index in [1.807, 2.05) is 0 Å². The Kier molecular flexibility index (Phi) is 5.96. The van der Waals surface area contributed by atoms with Crippen molar-refractivity contribution >= 4 is 10.1 Å². The van der Waals surface area contributed by atoms with Crippen molar-refractivity contribution in [3.8, 4) is 0 Å². The molecule has 5 heteroatoms. The van der Waals surface area contributed by atoms with E-state index in [-0.39, 0.29) is 5.75 Å². The lowest BCUT2D eigenvalue weighted by Gasteiger charge is -1.99. The fraction of sp³-hybridized carbons (Fsp3) is 0.714. The third kappa shape index (κ3) is 9.61. The first-order chi connectivity index (χ1) is 5.56. The maximum atomic E-state index is 10.2. The highest BCUT2D eigenvalue weighted by Gasteiger charge is 2.02. The summed E-state index contributed by atoms with van der Waals surface area (Å²) < 4.78 is 33.8. The average Bonchev–Trinajstić information content (AvgIpc) is 1.94. The van der Waals surface area contributed by atoms with Gasteiger partial charge in [0.2, 0.25) is 0 Å². The van der Waals surface area contributed by atoms with Crippen LogP contribution in [0.15, 0.2) is 12.7 Å². The summed E-state index contributed by atoms with van der Waals surface area (Å²) in [6.45, 7) is 4.44. The van der Waals surface area contributed by atoms with Crippen molar-refractivity contribution in [1.82, 2.24) is 0 Å². The van der Waals surface area contributed by atoms with Crippen LogP contribution in [0.1, 0.15) is 12.8 Å². The van der Waals surface area contributed by atoms with Crippen molar-refractivity contribution in [3.63, 3.8) is 0 Å². The Morgan fingerprint density at radius 1 is 1.42 bits per heavy atom. The highest BCUT2D eigenvalue weighted by atomic mass is 32.2. The van der Waals surface area contributed by atoms with Gasteiger partial charge in [0.05, 0.1) is 12.4 Å². The van der Waals surface area contributed by atoms with Gasteiger partial charge in [-0.3, -0.25) is 4.55 Å². The van der Waals surface area contributed by atoms with Crippen LogP contribution < -0.4 is 0 Å². The Hall–Kier alpha value is -0.390. The first-order valence-corrected chi connectivity index (χ1v) is 5.31. The summed E-state index contributed by atoms with van der Waals surface area (Å²) in [6, 6.07) is 0. The Bertz CT molecular complexity index is 207. The highest BCUT2D eigenvalue weighted by Crippen LogP contribution is 1.94. The molecule has 4 nitrogen and oxygen atoms in total. The molecule has 0 spiro atoms. The molecule has 0 amide bonds. The van der Waals surface area contributed by atoms with Crippen LogP contribution in [0, 0.1) is 0 Å². The summed E-state index contributed by atoms with van der Waals surface area (Å²) >= 11 is 0. The Morgan fingerprint density at radius 2 is 2.08 bits per heavy atom. The van der Waals surface area contributed by atoms with Gasteiger partial charge in [0.15, 0.2) is 0 Å². The molecule has 0 aromatic heterocycles. The predicted octanol–water partition coefficient (Wildman–Crippen LogP) is 0.857. The topological polar surface area (TPSA) is 63.6 Å². The summed E-state index contributed by atoms with van der Waals surface area (Å²) in [5.41, 5.74) is 0. The first kappa shape index (κ1) is 11.6. The van der Waals surface area contributed by atoms with Crippen molar-refractivity contribution < 1.29 is 17.7 Å². The van der Waals surface area contributed by atoms with Gasteiger partial charge >= 0.3 is 0 Å². The molecule has 0 saturated heterocycles. The molecule has 0 rings (SSSR count). The van der Waals surface area contributed by atoms with E-state index in [1.165, 1.54) is 0 Å². The van der Waals surface area contributed by atoms with E-state index in [2.05, 4.69) is 6.58 Å². The molecule has 0 fully saturated rings. The molecular formula is C7H14O4S. The molecule has 0 heterocycles. The molecule has 0 saturated carbocycles. The molecule has 0 aromatic carbocycles. The number of ether oxygens (including phenoxy) is 1. The molecule has 0 aliphatic carbocycles. The van der Waals surface area contributed by atoms with Gasteiger partial charge in [0.1, 0.15) is 0 Å². The molecule has 0 unspecified atom stereocenters. The second-order valence-corrected chi connectivity index (χ2v) is 3.93. The average molecular weight is 194 g/mol. The zero-order valence-electron chi connectivity index (χ0n) is 6.90. The zero-order valence-corrected chi connectivity index (χ0v) is 7.72.